The van der Waals surface area contributed by atoms with Crippen LogP contribution in [0.5, 0.6) is 0 Å². The Morgan fingerprint density at radius 1 is 1.15 bits per heavy atom. The molecule has 0 aliphatic carbocycles. The summed E-state index contributed by atoms with van der Waals surface area (Å²) < 4.78 is 5.29. The van der Waals surface area contributed by atoms with E-state index in [4.69, 9.17) is 4.74 Å². The van der Waals surface area contributed by atoms with Gasteiger partial charge in [0, 0.05) is 44.4 Å². The molecule has 2 heterocycles. The summed E-state index contributed by atoms with van der Waals surface area (Å²) in [6.07, 6.45) is 0.906. The van der Waals surface area contributed by atoms with Crippen molar-refractivity contribution in [2.75, 3.05) is 50.8 Å². The molecule has 2 aliphatic heterocycles. The summed E-state index contributed by atoms with van der Waals surface area (Å²) in [5.74, 6) is 0.498. The van der Waals surface area contributed by atoms with Crippen LogP contribution in [0.2, 0.25) is 0 Å². The number of anilines is 1. The van der Waals surface area contributed by atoms with Crippen LogP contribution in [-0.4, -0.2) is 56.6 Å². The lowest BCUT2D eigenvalue weighted by molar-refractivity contribution is -0.124. The summed E-state index contributed by atoms with van der Waals surface area (Å²) in [6, 6.07) is 10.5. The van der Waals surface area contributed by atoms with Gasteiger partial charge in [0.2, 0.25) is 0 Å². The Morgan fingerprint density at radius 3 is 2.55 bits per heavy atom. The molecule has 1 unspecified atom stereocenters. The number of ether oxygens (including phenoxy) is 1. The Hall–Kier alpha value is -1.39. The molecule has 1 atom stereocenters. The quantitative estimate of drug-likeness (QED) is 0.831. The zero-order chi connectivity index (χ0) is 13.8. The first-order valence-electron chi connectivity index (χ1n) is 7.46. The molecule has 2 fully saturated rings. The predicted molar refractivity (Wildman–Crippen MR) is 79.0 cm³/mol. The van der Waals surface area contributed by atoms with Gasteiger partial charge >= 0.3 is 0 Å². The Bertz CT molecular complexity index is 435. The normalized spacial score (nSPS) is 24.0. The predicted octanol–water partition coefficient (Wildman–Crippen LogP) is 1.41. The highest BCUT2D eigenvalue weighted by molar-refractivity contribution is 5.83. The number of nitrogens with zero attached hydrogens (tertiary/aromatic N) is 2. The second-order valence-corrected chi connectivity index (χ2v) is 5.63. The lowest BCUT2D eigenvalue weighted by Gasteiger charge is -2.36. The van der Waals surface area contributed by atoms with Gasteiger partial charge in [0.1, 0.15) is 0 Å². The summed E-state index contributed by atoms with van der Waals surface area (Å²) in [5.41, 5.74) is 1.28. The number of Topliss-reactive ketones (excluding diaryl/α,β-unsaturated/α-hetero) is 1. The maximum absolute atomic E-state index is 12.1. The average molecular weight is 274 g/mol. The highest BCUT2D eigenvalue weighted by atomic mass is 16.5. The second kappa shape index (κ2) is 6.37. The number of hydrogen-bond acceptors (Lipinski definition) is 4. The van der Waals surface area contributed by atoms with Crippen LogP contribution < -0.4 is 4.90 Å². The lowest BCUT2D eigenvalue weighted by atomic mass is 10.0. The zero-order valence-electron chi connectivity index (χ0n) is 11.8. The first kappa shape index (κ1) is 13.6. The maximum atomic E-state index is 12.1. The van der Waals surface area contributed by atoms with E-state index in [-0.39, 0.29) is 5.92 Å². The Balaban J connectivity index is 1.47. The molecular weight excluding hydrogens is 252 g/mol. The molecule has 0 N–H and O–H groups in total. The van der Waals surface area contributed by atoms with E-state index in [9.17, 15) is 4.79 Å². The highest BCUT2D eigenvalue weighted by Crippen LogP contribution is 2.17. The third kappa shape index (κ3) is 3.19. The first-order chi connectivity index (χ1) is 9.83. The average Bonchev–Trinajstić information content (AvgIpc) is 3.03. The fraction of sp³-hybridized carbons (Fsp3) is 0.562. The van der Waals surface area contributed by atoms with Crippen molar-refractivity contribution in [2.24, 2.45) is 5.92 Å². The topological polar surface area (TPSA) is 32.8 Å². The van der Waals surface area contributed by atoms with Gasteiger partial charge in [0.05, 0.1) is 13.2 Å². The molecule has 108 valence electrons. The minimum absolute atomic E-state index is 0.141. The van der Waals surface area contributed by atoms with Crippen molar-refractivity contribution in [3.63, 3.8) is 0 Å². The highest BCUT2D eigenvalue weighted by Gasteiger charge is 2.26. The Morgan fingerprint density at radius 2 is 1.90 bits per heavy atom. The SMILES string of the molecule is O=C(CN1CCN(c2ccccc2)CC1)C1CCOC1. The Kier molecular flexibility index (Phi) is 4.33. The summed E-state index contributed by atoms with van der Waals surface area (Å²) >= 11 is 0. The second-order valence-electron chi connectivity index (χ2n) is 5.63. The number of hydrogen-bond donors (Lipinski definition) is 0. The molecule has 20 heavy (non-hydrogen) atoms. The molecule has 2 aliphatic rings. The number of rotatable bonds is 4. The molecule has 0 aromatic heterocycles. The van der Waals surface area contributed by atoms with Gasteiger partial charge in [-0.1, -0.05) is 18.2 Å². The molecule has 0 amide bonds. The molecule has 0 radical (unpaired) electrons. The molecule has 2 saturated heterocycles. The van der Waals surface area contributed by atoms with Crippen molar-refractivity contribution in [3.8, 4) is 0 Å². The molecular formula is C16H22N2O2. The van der Waals surface area contributed by atoms with E-state index in [1.54, 1.807) is 0 Å². The van der Waals surface area contributed by atoms with Crippen LogP contribution in [0.25, 0.3) is 0 Å². The van der Waals surface area contributed by atoms with Gasteiger partial charge in [-0.25, -0.2) is 0 Å². The van der Waals surface area contributed by atoms with Crippen molar-refractivity contribution in [3.05, 3.63) is 30.3 Å². The Labute approximate surface area is 120 Å². The van der Waals surface area contributed by atoms with Crippen LogP contribution in [0.15, 0.2) is 30.3 Å². The van der Waals surface area contributed by atoms with Crippen molar-refractivity contribution < 1.29 is 9.53 Å². The molecule has 1 aromatic carbocycles. The van der Waals surface area contributed by atoms with Gasteiger partial charge in [-0.05, 0) is 18.6 Å². The lowest BCUT2D eigenvalue weighted by Crippen LogP contribution is -2.48. The van der Waals surface area contributed by atoms with Gasteiger partial charge in [-0.3, -0.25) is 9.69 Å². The maximum Gasteiger partial charge on any atom is 0.152 e. The number of para-hydroxylation sites is 1. The van der Waals surface area contributed by atoms with Crippen molar-refractivity contribution in [1.82, 2.24) is 4.90 Å². The van der Waals surface area contributed by atoms with E-state index >= 15 is 0 Å². The third-order valence-corrected chi connectivity index (χ3v) is 4.26. The van der Waals surface area contributed by atoms with Gasteiger partial charge < -0.3 is 9.64 Å². The van der Waals surface area contributed by atoms with Crippen LogP contribution in [0.4, 0.5) is 5.69 Å². The molecule has 4 heteroatoms. The van der Waals surface area contributed by atoms with Crippen LogP contribution in [0.1, 0.15) is 6.42 Å². The molecule has 0 bridgehead atoms. The van der Waals surface area contributed by atoms with Crippen LogP contribution in [0, 0.1) is 5.92 Å². The molecule has 4 nitrogen and oxygen atoms in total. The van der Waals surface area contributed by atoms with Crippen LogP contribution in [0.3, 0.4) is 0 Å². The number of piperazine rings is 1. The fourth-order valence-corrected chi connectivity index (χ4v) is 2.94. The first-order valence-corrected chi connectivity index (χ1v) is 7.46. The van der Waals surface area contributed by atoms with Crippen molar-refractivity contribution in [2.45, 2.75) is 6.42 Å². The fourth-order valence-electron chi connectivity index (χ4n) is 2.94. The van der Waals surface area contributed by atoms with E-state index in [0.29, 0.717) is 18.9 Å². The van der Waals surface area contributed by atoms with Gasteiger partial charge in [-0.2, -0.15) is 0 Å². The number of benzene rings is 1. The standard InChI is InChI=1S/C16H22N2O2/c19-16(14-6-11-20-13-14)12-17-7-9-18(10-8-17)15-4-2-1-3-5-15/h1-5,14H,6-13H2. The van der Waals surface area contributed by atoms with E-state index in [2.05, 4.69) is 34.1 Å². The van der Waals surface area contributed by atoms with E-state index in [0.717, 1.165) is 39.2 Å². The van der Waals surface area contributed by atoms with Crippen LogP contribution >= 0.6 is 0 Å². The van der Waals surface area contributed by atoms with Gasteiger partial charge in [-0.15, -0.1) is 0 Å². The van der Waals surface area contributed by atoms with E-state index in [1.165, 1.54) is 5.69 Å². The van der Waals surface area contributed by atoms with Gasteiger partial charge in [0.15, 0.2) is 5.78 Å². The summed E-state index contributed by atoms with van der Waals surface area (Å²) in [4.78, 5) is 16.8. The smallest absolute Gasteiger partial charge is 0.152 e. The number of ketones is 1. The minimum atomic E-state index is 0.141. The van der Waals surface area contributed by atoms with Crippen molar-refractivity contribution >= 4 is 11.5 Å². The van der Waals surface area contributed by atoms with E-state index in [1.807, 2.05) is 6.07 Å². The van der Waals surface area contributed by atoms with Gasteiger partial charge in [0.25, 0.3) is 0 Å². The molecule has 3 rings (SSSR count). The summed E-state index contributed by atoms with van der Waals surface area (Å²) in [7, 11) is 0. The molecule has 0 spiro atoms. The summed E-state index contributed by atoms with van der Waals surface area (Å²) in [6.45, 7) is 5.90. The largest absolute Gasteiger partial charge is 0.381 e. The summed E-state index contributed by atoms with van der Waals surface area (Å²) in [5, 5.41) is 0. The van der Waals surface area contributed by atoms with Crippen LogP contribution in [-0.2, 0) is 9.53 Å². The monoisotopic (exact) mass is 274 g/mol. The van der Waals surface area contributed by atoms with E-state index < -0.39 is 0 Å². The molecule has 0 saturated carbocycles. The minimum Gasteiger partial charge on any atom is -0.381 e. The number of carbonyl (C=O) groups excluding carboxylic acids is 1. The number of carbonyl (C=O) groups is 1. The molecule has 1 aromatic rings. The third-order valence-electron chi connectivity index (χ3n) is 4.26. The van der Waals surface area contributed by atoms with Crippen molar-refractivity contribution in [1.29, 1.82) is 0 Å². The zero-order valence-corrected chi connectivity index (χ0v) is 11.8.